The number of terminal acetylenes is 1. The standard InChI is InChI=1S/C32H39F2N3O/c1-9-12-13-21(4)27-16-17-28(31(34)30(27)33)23(6)20-35-24(7)32(37(8)18-10-2)36-25-14-15-26(22(5)19-25)29(38)11-3/h1,10,14-21,32,36H,11-13H2,2-8H3/b18-10-,23-20+,35-24+. The van der Waals surface area contributed by atoms with Crippen LogP contribution >= 0.6 is 0 Å². The molecule has 0 aliphatic heterocycles. The Morgan fingerprint density at radius 2 is 1.87 bits per heavy atom. The van der Waals surface area contributed by atoms with Gasteiger partial charge in [-0.3, -0.25) is 9.79 Å². The number of nitrogens with one attached hydrogen (secondary N) is 1. The van der Waals surface area contributed by atoms with Crippen molar-refractivity contribution in [1.82, 2.24) is 4.90 Å². The summed E-state index contributed by atoms with van der Waals surface area (Å²) in [5.74, 6) is 0.756. The Hall–Kier alpha value is -3.72. The average Bonchev–Trinajstić information content (AvgIpc) is 2.89. The number of anilines is 1. The zero-order chi connectivity index (χ0) is 28.4. The second-order valence-electron chi connectivity index (χ2n) is 9.56. The highest BCUT2D eigenvalue weighted by Gasteiger charge is 2.19. The van der Waals surface area contributed by atoms with Crippen LogP contribution in [0.2, 0.25) is 0 Å². The minimum atomic E-state index is -0.880. The van der Waals surface area contributed by atoms with E-state index in [1.54, 1.807) is 25.3 Å². The summed E-state index contributed by atoms with van der Waals surface area (Å²) in [6.45, 7) is 11.1. The summed E-state index contributed by atoms with van der Waals surface area (Å²) in [6, 6.07) is 8.88. The fourth-order valence-corrected chi connectivity index (χ4v) is 4.28. The number of aliphatic imine (C=N–C) groups is 1. The number of benzene rings is 2. The summed E-state index contributed by atoms with van der Waals surface area (Å²) in [5.41, 5.74) is 4.18. The molecule has 2 rings (SSSR count). The number of carbonyl (C=O) groups is 1. The number of hydrogen-bond acceptors (Lipinski definition) is 4. The highest BCUT2D eigenvalue weighted by molar-refractivity contribution is 5.97. The van der Waals surface area contributed by atoms with Crippen LogP contribution < -0.4 is 5.32 Å². The Morgan fingerprint density at radius 3 is 2.47 bits per heavy atom. The van der Waals surface area contributed by atoms with Gasteiger partial charge in [-0.25, -0.2) is 8.78 Å². The van der Waals surface area contributed by atoms with E-state index in [-0.39, 0.29) is 23.4 Å². The SMILES string of the molecule is C#CCCC(C)c1ccc(/C(C)=C/N=C(\C)C(Nc2ccc(C(=O)CC)c(C)c2)N(C)/C=C\C)c(F)c1F. The number of rotatable bonds is 12. The summed E-state index contributed by atoms with van der Waals surface area (Å²) >= 11 is 0. The van der Waals surface area contributed by atoms with Crippen molar-refractivity contribution in [3.63, 3.8) is 0 Å². The predicted molar refractivity (Wildman–Crippen MR) is 155 cm³/mol. The van der Waals surface area contributed by atoms with Gasteiger partial charge in [-0.15, -0.1) is 12.3 Å². The zero-order valence-corrected chi connectivity index (χ0v) is 23.5. The van der Waals surface area contributed by atoms with Gasteiger partial charge in [0.05, 0.1) is 5.71 Å². The van der Waals surface area contributed by atoms with Crippen molar-refractivity contribution < 1.29 is 13.6 Å². The summed E-state index contributed by atoms with van der Waals surface area (Å²) in [6.07, 6.45) is 11.9. The maximum atomic E-state index is 15.0. The molecule has 0 spiro atoms. The van der Waals surface area contributed by atoms with Crippen LogP contribution in [0.5, 0.6) is 0 Å². The van der Waals surface area contributed by atoms with E-state index in [2.05, 4.69) is 16.2 Å². The monoisotopic (exact) mass is 519 g/mol. The van der Waals surface area contributed by atoms with Gasteiger partial charge in [0, 0.05) is 42.9 Å². The van der Waals surface area contributed by atoms with Gasteiger partial charge < -0.3 is 10.2 Å². The summed E-state index contributed by atoms with van der Waals surface area (Å²) in [5, 5.41) is 3.46. The molecule has 1 N–H and O–H groups in total. The topological polar surface area (TPSA) is 44.7 Å². The third-order valence-corrected chi connectivity index (χ3v) is 6.59. The van der Waals surface area contributed by atoms with Crippen molar-refractivity contribution in [3.8, 4) is 12.3 Å². The van der Waals surface area contributed by atoms with Gasteiger partial charge in [0.15, 0.2) is 17.4 Å². The fourth-order valence-electron chi connectivity index (χ4n) is 4.28. The van der Waals surface area contributed by atoms with Crippen LogP contribution in [0.25, 0.3) is 5.57 Å². The third-order valence-electron chi connectivity index (χ3n) is 6.59. The predicted octanol–water partition coefficient (Wildman–Crippen LogP) is 8.11. The van der Waals surface area contributed by atoms with E-state index in [1.807, 2.05) is 77.0 Å². The number of nitrogens with zero attached hydrogens (tertiary/aromatic N) is 2. The van der Waals surface area contributed by atoms with Crippen molar-refractivity contribution in [2.24, 2.45) is 4.99 Å². The van der Waals surface area contributed by atoms with E-state index in [9.17, 15) is 13.6 Å². The quantitative estimate of drug-likeness (QED) is 0.133. The molecule has 0 bridgehead atoms. The fraction of sp³-hybridized carbons (Fsp3) is 0.375. The Labute approximate surface area is 226 Å². The van der Waals surface area contributed by atoms with Crippen molar-refractivity contribution >= 4 is 22.8 Å². The number of halogens is 2. The number of allylic oxidation sites excluding steroid dienone is 2. The molecule has 0 saturated heterocycles. The van der Waals surface area contributed by atoms with Gasteiger partial charge in [-0.05, 0) is 81.1 Å². The molecule has 2 aromatic carbocycles. The van der Waals surface area contributed by atoms with Crippen molar-refractivity contribution in [3.05, 3.63) is 82.7 Å². The molecular weight excluding hydrogens is 480 g/mol. The largest absolute Gasteiger partial charge is 0.360 e. The van der Waals surface area contributed by atoms with Crippen LogP contribution in [0, 0.1) is 30.9 Å². The molecule has 2 atom stereocenters. The van der Waals surface area contributed by atoms with Gasteiger partial charge >= 0.3 is 0 Å². The first-order valence-corrected chi connectivity index (χ1v) is 12.9. The van der Waals surface area contributed by atoms with Gasteiger partial charge in [-0.1, -0.05) is 32.1 Å². The van der Waals surface area contributed by atoms with Gasteiger partial charge in [0.25, 0.3) is 0 Å². The molecule has 0 aromatic heterocycles. The molecule has 2 aromatic rings. The van der Waals surface area contributed by atoms with Gasteiger partial charge in [0.2, 0.25) is 0 Å². The van der Waals surface area contributed by atoms with Crippen LogP contribution in [0.3, 0.4) is 0 Å². The molecule has 0 saturated carbocycles. The first-order chi connectivity index (χ1) is 18.0. The lowest BCUT2D eigenvalue weighted by molar-refractivity contribution is 0.0987. The molecule has 6 heteroatoms. The van der Waals surface area contributed by atoms with E-state index in [0.29, 0.717) is 36.0 Å². The summed E-state index contributed by atoms with van der Waals surface area (Å²) in [4.78, 5) is 18.7. The number of aryl methyl sites for hydroxylation is 1. The van der Waals surface area contributed by atoms with Crippen LogP contribution in [0.15, 0.2) is 53.8 Å². The molecule has 0 amide bonds. The molecule has 2 unspecified atom stereocenters. The Kier molecular flexibility index (Phi) is 11.5. The third kappa shape index (κ3) is 7.64. The summed E-state index contributed by atoms with van der Waals surface area (Å²) in [7, 11) is 1.92. The van der Waals surface area contributed by atoms with Crippen molar-refractivity contribution in [2.45, 2.75) is 72.9 Å². The first-order valence-electron chi connectivity index (χ1n) is 12.9. The van der Waals surface area contributed by atoms with E-state index in [1.165, 1.54) is 0 Å². The Balaban J connectivity index is 2.35. The minimum absolute atomic E-state index is 0.105. The smallest absolute Gasteiger partial charge is 0.166 e. The van der Waals surface area contributed by atoms with E-state index in [0.717, 1.165) is 17.0 Å². The Morgan fingerprint density at radius 1 is 1.18 bits per heavy atom. The maximum absolute atomic E-state index is 15.0. The molecule has 0 aliphatic rings. The molecule has 0 fully saturated rings. The highest BCUT2D eigenvalue weighted by atomic mass is 19.2. The van der Waals surface area contributed by atoms with Crippen molar-refractivity contribution in [1.29, 1.82) is 0 Å². The molecule has 4 nitrogen and oxygen atoms in total. The highest BCUT2D eigenvalue weighted by Crippen LogP contribution is 2.29. The molecule has 202 valence electrons. The maximum Gasteiger partial charge on any atom is 0.166 e. The molecule has 0 heterocycles. The summed E-state index contributed by atoms with van der Waals surface area (Å²) < 4.78 is 29.8. The van der Waals surface area contributed by atoms with E-state index < -0.39 is 11.6 Å². The van der Waals surface area contributed by atoms with Crippen LogP contribution in [0.1, 0.15) is 86.8 Å². The van der Waals surface area contributed by atoms with E-state index >= 15 is 0 Å². The lowest BCUT2D eigenvalue weighted by Crippen LogP contribution is -2.40. The van der Waals surface area contributed by atoms with Crippen LogP contribution in [-0.4, -0.2) is 29.6 Å². The number of hydrogen-bond donors (Lipinski definition) is 1. The van der Waals surface area contributed by atoms with Crippen LogP contribution in [0.4, 0.5) is 14.5 Å². The second kappa shape index (κ2) is 14.3. The first kappa shape index (κ1) is 30.5. The molecule has 0 aliphatic carbocycles. The molecule has 0 radical (unpaired) electrons. The minimum Gasteiger partial charge on any atom is -0.360 e. The molecule has 38 heavy (non-hydrogen) atoms. The van der Waals surface area contributed by atoms with Crippen LogP contribution in [-0.2, 0) is 0 Å². The lowest BCUT2D eigenvalue weighted by atomic mass is 9.93. The lowest BCUT2D eigenvalue weighted by Gasteiger charge is -2.29. The normalized spacial score (nSPS) is 13.8. The Bertz CT molecular complexity index is 1270. The van der Waals surface area contributed by atoms with Gasteiger partial charge in [-0.2, -0.15) is 0 Å². The van der Waals surface area contributed by atoms with E-state index in [4.69, 9.17) is 6.42 Å². The number of carbonyl (C=O) groups excluding carboxylic acids is 1. The number of ketones is 1. The second-order valence-corrected chi connectivity index (χ2v) is 9.56. The molecular formula is C32H39F2N3O. The van der Waals surface area contributed by atoms with Gasteiger partial charge in [0.1, 0.15) is 6.17 Å². The van der Waals surface area contributed by atoms with Crippen molar-refractivity contribution in [2.75, 3.05) is 12.4 Å². The zero-order valence-electron chi connectivity index (χ0n) is 23.5. The number of Topliss-reactive ketones (excluding diaryl/α,β-unsaturated/α-hetero) is 1. The average molecular weight is 520 g/mol.